The van der Waals surface area contributed by atoms with Gasteiger partial charge in [-0.15, -0.1) is 0 Å². The minimum Gasteiger partial charge on any atom is -0.396 e. The fourth-order valence-corrected chi connectivity index (χ4v) is 5.00. The van der Waals surface area contributed by atoms with Gasteiger partial charge in [-0.3, -0.25) is 4.79 Å². The Labute approximate surface area is 210 Å². The second-order valence-electron chi connectivity index (χ2n) is 8.56. The molecule has 3 aromatic carbocycles. The molecule has 184 valence electrons. The third kappa shape index (κ3) is 6.51. The zero-order chi connectivity index (χ0) is 24.6. The van der Waals surface area contributed by atoms with Crippen LogP contribution in [0, 0.1) is 5.92 Å². The summed E-state index contributed by atoms with van der Waals surface area (Å²) >= 11 is 1.66. The standard InChI is InChI=1S/C28H31NO5S/c1-19-25(18-35-16-15-30)33-28(34-26(19)21-9-7-20(17-31)8-10-21)23-11-13-24(14-12-23)29-27(32)22-5-3-2-4-6-22/h2-14,19,25-26,28,30-31H,15-18H2,1H3,(H,29,32)/t19-,25+,26+,28+/m1/s1. The lowest BCUT2D eigenvalue weighted by Gasteiger charge is -2.41. The van der Waals surface area contributed by atoms with E-state index in [2.05, 4.69) is 12.2 Å². The van der Waals surface area contributed by atoms with Crippen molar-refractivity contribution in [2.24, 2.45) is 5.92 Å². The Bertz CT molecular complexity index is 1070. The molecule has 0 spiro atoms. The number of aliphatic hydroxyl groups excluding tert-OH is 2. The molecule has 0 radical (unpaired) electrons. The van der Waals surface area contributed by atoms with Gasteiger partial charge in [-0.2, -0.15) is 11.8 Å². The van der Waals surface area contributed by atoms with Crippen LogP contribution in [0.4, 0.5) is 5.69 Å². The largest absolute Gasteiger partial charge is 0.396 e. The molecular formula is C28H31NO5S. The molecule has 3 aromatic rings. The highest BCUT2D eigenvalue weighted by atomic mass is 32.2. The van der Waals surface area contributed by atoms with E-state index in [1.54, 1.807) is 23.9 Å². The van der Waals surface area contributed by atoms with Crippen molar-refractivity contribution in [2.75, 3.05) is 23.4 Å². The Balaban J connectivity index is 1.50. The third-order valence-corrected chi connectivity index (χ3v) is 7.15. The number of benzene rings is 3. The molecule has 0 aliphatic carbocycles. The lowest BCUT2D eigenvalue weighted by Crippen LogP contribution is -2.38. The summed E-state index contributed by atoms with van der Waals surface area (Å²) in [4.78, 5) is 12.5. The topological polar surface area (TPSA) is 88.0 Å². The minimum absolute atomic E-state index is 0.000672. The summed E-state index contributed by atoms with van der Waals surface area (Å²) in [5.41, 5.74) is 4.05. The fourth-order valence-electron chi connectivity index (χ4n) is 4.09. The van der Waals surface area contributed by atoms with Crippen LogP contribution in [0.25, 0.3) is 0 Å². The van der Waals surface area contributed by atoms with E-state index in [9.17, 15) is 15.0 Å². The maximum absolute atomic E-state index is 12.5. The van der Waals surface area contributed by atoms with Gasteiger partial charge in [-0.25, -0.2) is 0 Å². The molecule has 1 aliphatic rings. The maximum Gasteiger partial charge on any atom is 0.255 e. The van der Waals surface area contributed by atoms with Gasteiger partial charge in [-0.1, -0.05) is 61.5 Å². The van der Waals surface area contributed by atoms with Gasteiger partial charge in [0.2, 0.25) is 0 Å². The molecule has 7 heteroatoms. The van der Waals surface area contributed by atoms with Crippen molar-refractivity contribution in [3.05, 3.63) is 101 Å². The molecule has 3 N–H and O–H groups in total. The van der Waals surface area contributed by atoms with Gasteiger partial charge in [0.1, 0.15) is 0 Å². The minimum atomic E-state index is -0.563. The lowest BCUT2D eigenvalue weighted by atomic mass is 9.91. The van der Waals surface area contributed by atoms with Gasteiger partial charge in [0.05, 0.1) is 25.4 Å². The second-order valence-corrected chi connectivity index (χ2v) is 9.71. The second kappa shape index (κ2) is 12.3. The van der Waals surface area contributed by atoms with Crippen molar-refractivity contribution in [1.82, 2.24) is 0 Å². The number of rotatable bonds is 9. The van der Waals surface area contributed by atoms with Crippen molar-refractivity contribution in [2.45, 2.75) is 32.0 Å². The summed E-state index contributed by atoms with van der Waals surface area (Å²) in [5, 5.41) is 21.5. The quantitative estimate of drug-likeness (QED) is 0.366. The highest BCUT2D eigenvalue weighted by molar-refractivity contribution is 7.99. The molecule has 4 rings (SSSR count). The summed E-state index contributed by atoms with van der Waals surface area (Å²) in [5.74, 6) is 1.34. The Morgan fingerprint density at radius 2 is 1.60 bits per heavy atom. The van der Waals surface area contributed by atoms with Crippen LogP contribution in [0.2, 0.25) is 0 Å². The average Bonchev–Trinajstić information content (AvgIpc) is 2.91. The van der Waals surface area contributed by atoms with E-state index in [0.717, 1.165) is 22.4 Å². The number of carbonyl (C=O) groups excluding carboxylic acids is 1. The number of aliphatic hydroxyl groups is 2. The van der Waals surface area contributed by atoms with Gasteiger partial charge in [0.15, 0.2) is 6.29 Å². The van der Waals surface area contributed by atoms with Crippen LogP contribution in [-0.4, -0.2) is 40.3 Å². The van der Waals surface area contributed by atoms with E-state index in [1.165, 1.54) is 0 Å². The van der Waals surface area contributed by atoms with Crippen LogP contribution in [-0.2, 0) is 16.1 Å². The zero-order valence-electron chi connectivity index (χ0n) is 19.7. The predicted octanol–water partition coefficient (Wildman–Crippen LogP) is 4.95. The molecule has 0 unspecified atom stereocenters. The monoisotopic (exact) mass is 493 g/mol. The zero-order valence-corrected chi connectivity index (χ0v) is 20.5. The number of amides is 1. The average molecular weight is 494 g/mol. The molecule has 0 saturated carbocycles. The van der Waals surface area contributed by atoms with Crippen LogP contribution in [0.3, 0.4) is 0 Å². The van der Waals surface area contributed by atoms with Crippen molar-refractivity contribution in [3.63, 3.8) is 0 Å². The number of carbonyl (C=O) groups is 1. The van der Waals surface area contributed by atoms with Gasteiger partial charge in [0, 0.05) is 34.2 Å². The number of anilines is 1. The highest BCUT2D eigenvalue weighted by Crippen LogP contribution is 2.42. The first-order valence-electron chi connectivity index (χ1n) is 11.7. The summed E-state index contributed by atoms with van der Waals surface area (Å²) < 4.78 is 12.8. The molecule has 0 bridgehead atoms. The van der Waals surface area contributed by atoms with Crippen LogP contribution >= 0.6 is 11.8 Å². The Kier molecular flexibility index (Phi) is 8.95. The Morgan fingerprint density at radius 3 is 2.26 bits per heavy atom. The van der Waals surface area contributed by atoms with E-state index in [1.807, 2.05) is 66.7 Å². The molecule has 1 aliphatic heterocycles. The van der Waals surface area contributed by atoms with E-state index in [-0.39, 0.29) is 37.2 Å². The first-order valence-corrected chi connectivity index (χ1v) is 12.9. The van der Waals surface area contributed by atoms with E-state index < -0.39 is 6.29 Å². The predicted molar refractivity (Wildman–Crippen MR) is 138 cm³/mol. The summed E-state index contributed by atoms with van der Waals surface area (Å²) in [6.45, 7) is 2.25. The van der Waals surface area contributed by atoms with E-state index in [4.69, 9.17) is 9.47 Å². The Morgan fingerprint density at radius 1 is 0.914 bits per heavy atom. The van der Waals surface area contributed by atoms with Crippen LogP contribution < -0.4 is 5.32 Å². The van der Waals surface area contributed by atoms with Crippen molar-refractivity contribution in [3.8, 4) is 0 Å². The number of ether oxygens (including phenoxy) is 2. The fraction of sp³-hybridized carbons (Fsp3) is 0.321. The number of nitrogens with one attached hydrogen (secondary N) is 1. The van der Waals surface area contributed by atoms with Gasteiger partial charge in [-0.05, 0) is 35.4 Å². The smallest absolute Gasteiger partial charge is 0.255 e. The number of hydrogen-bond donors (Lipinski definition) is 3. The molecule has 1 saturated heterocycles. The SMILES string of the molecule is C[C@@H]1[C@H](CSCCO)O[C@H](c2ccc(NC(=O)c3ccccc3)cc2)O[C@@H]1c1ccc(CO)cc1. The molecule has 1 amide bonds. The van der Waals surface area contributed by atoms with Crippen LogP contribution in [0.15, 0.2) is 78.9 Å². The highest BCUT2D eigenvalue weighted by Gasteiger charge is 2.38. The van der Waals surface area contributed by atoms with Crippen LogP contribution in [0.1, 0.15) is 46.4 Å². The normalized spacial score (nSPS) is 22.0. The molecular weight excluding hydrogens is 462 g/mol. The molecule has 1 fully saturated rings. The molecule has 4 atom stereocenters. The van der Waals surface area contributed by atoms with Gasteiger partial charge < -0.3 is 25.0 Å². The van der Waals surface area contributed by atoms with Crippen molar-refractivity contribution in [1.29, 1.82) is 0 Å². The first-order chi connectivity index (χ1) is 17.1. The van der Waals surface area contributed by atoms with Gasteiger partial charge >= 0.3 is 0 Å². The molecule has 35 heavy (non-hydrogen) atoms. The third-order valence-electron chi connectivity index (χ3n) is 6.12. The molecule has 0 aromatic heterocycles. The number of hydrogen-bond acceptors (Lipinski definition) is 6. The number of thioether (sulfide) groups is 1. The summed E-state index contributed by atoms with van der Waals surface area (Å²) in [6, 6.07) is 24.4. The maximum atomic E-state index is 12.5. The lowest BCUT2D eigenvalue weighted by molar-refractivity contribution is -0.268. The summed E-state index contributed by atoms with van der Waals surface area (Å²) in [6.07, 6.45) is -0.809. The van der Waals surface area contributed by atoms with Crippen molar-refractivity contribution >= 4 is 23.4 Å². The summed E-state index contributed by atoms with van der Waals surface area (Å²) in [7, 11) is 0. The Hall–Kier alpha value is -2.68. The molecule has 1 heterocycles. The van der Waals surface area contributed by atoms with E-state index in [0.29, 0.717) is 17.0 Å². The van der Waals surface area contributed by atoms with Crippen molar-refractivity contribution < 1.29 is 24.5 Å². The molecule has 6 nitrogen and oxygen atoms in total. The first kappa shape index (κ1) is 25.4. The van der Waals surface area contributed by atoms with E-state index >= 15 is 0 Å². The van der Waals surface area contributed by atoms with Crippen LogP contribution in [0.5, 0.6) is 0 Å². The van der Waals surface area contributed by atoms with Gasteiger partial charge in [0.25, 0.3) is 5.91 Å².